The zero-order valence-electron chi connectivity index (χ0n) is 19.1. The molecule has 1 atom stereocenters. The van der Waals surface area contributed by atoms with Gasteiger partial charge < -0.3 is 15.4 Å². The molecule has 0 radical (unpaired) electrons. The van der Waals surface area contributed by atoms with Gasteiger partial charge in [0.25, 0.3) is 0 Å². The normalized spacial score (nSPS) is 16.7. The van der Waals surface area contributed by atoms with Crippen LogP contribution in [0, 0.1) is 5.92 Å². The number of fused-ring (bicyclic) bond motifs is 1. The van der Waals surface area contributed by atoms with Gasteiger partial charge in [-0.05, 0) is 55.3 Å². The van der Waals surface area contributed by atoms with Crippen LogP contribution in [0.3, 0.4) is 0 Å². The highest BCUT2D eigenvalue weighted by Crippen LogP contribution is 2.32. The van der Waals surface area contributed by atoms with E-state index in [4.69, 9.17) is 27.9 Å². The fourth-order valence-electron chi connectivity index (χ4n) is 4.17. The maximum atomic E-state index is 13.3. The maximum absolute atomic E-state index is 13.3. The lowest BCUT2D eigenvalue weighted by Crippen LogP contribution is -2.46. The number of carbonyl (C=O) groups excluding carboxylic acids is 1. The van der Waals surface area contributed by atoms with E-state index in [0.717, 1.165) is 16.6 Å². The Morgan fingerprint density at radius 2 is 1.91 bits per heavy atom. The quantitative estimate of drug-likeness (QED) is 0.419. The second kappa shape index (κ2) is 11.0. The second-order valence-corrected chi connectivity index (χ2v) is 11.0. The van der Waals surface area contributed by atoms with Crippen LogP contribution in [0.5, 0.6) is 5.75 Å². The largest absolute Gasteiger partial charge is 0.495 e. The summed E-state index contributed by atoms with van der Waals surface area (Å²) in [6.45, 7) is 1.33. The number of sulfonamides is 1. The highest BCUT2D eigenvalue weighted by molar-refractivity contribution is 7.89. The minimum Gasteiger partial charge on any atom is -0.495 e. The highest BCUT2D eigenvalue weighted by Gasteiger charge is 2.34. The number of ether oxygens (including phenoxy) is 1. The van der Waals surface area contributed by atoms with E-state index >= 15 is 0 Å². The molecule has 1 saturated heterocycles. The van der Waals surface area contributed by atoms with Crippen LogP contribution in [0.4, 0.5) is 5.69 Å². The maximum Gasteiger partial charge on any atom is 0.246 e. The molecule has 0 bridgehead atoms. The number of aromatic nitrogens is 1. The molecule has 1 aliphatic heterocycles. The summed E-state index contributed by atoms with van der Waals surface area (Å²) in [5.41, 5.74) is 1.68. The van der Waals surface area contributed by atoms with Gasteiger partial charge in [-0.15, -0.1) is 0 Å². The van der Waals surface area contributed by atoms with Crippen LogP contribution < -0.4 is 15.4 Å². The van der Waals surface area contributed by atoms with Crippen molar-refractivity contribution in [2.45, 2.75) is 17.7 Å². The molecule has 1 fully saturated rings. The minimum atomic E-state index is -3.86. The number of hydrogen-bond acceptors (Lipinski definition) is 6. The first-order valence-electron chi connectivity index (χ1n) is 11.2. The van der Waals surface area contributed by atoms with Crippen molar-refractivity contribution < 1.29 is 17.9 Å². The number of nitrogens with zero attached hydrogens (tertiary/aromatic N) is 2. The number of methoxy groups -OCH3 is 1. The molecule has 186 valence electrons. The molecule has 0 spiro atoms. The lowest BCUT2D eigenvalue weighted by atomic mass is 9.99. The molecular formula is C24H26Cl2N4O4S. The summed E-state index contributed by atoms with van der Waals surface area (Å²) in [6, 6.07) is 11.8. The zero-order chi connectivity index (χ0) is 25.0. The van der Waals surface area contributed by atoms with Gasteiger partial charge in [0, 0.05) is 53.5 Å². The van der Waals surface area contributed by atoms with E-state index in [0.29, 0.717) is 42.5 Å². The van der Waals surface area contributed by atoms with Crippen molar-refractivity contribution in [3.8, 4) is 5.75 Å². The van der Waals surface area contributed by atoms with E-state index in [2.05, 4.69) is 15.6 Å². The van der Waals surface area contributed by atoms with E-state index in [-0.39, 0.29) is 23.1 Å². The zero-order valence-corrected chi connectivity index (χ0v) is 21.5. The van der Waals surface area contributed by atoms with Crippen LogP contribution in [-0.4, -0.2) is 56.9 Å². The summed E-state index contributed by atoms with van der Waals surface area (Å²) in [4.78, 5) is 17.1. The van der Waals surface area contributed by atoms with Crippen LogP contribution in [0.25, 0.3) is 10.9 Å². The standard InChI is InChI=1S/C24H26Cl2N4O4S/c1-34-22-7-5-18(26)14-23(22)35(32,33)30-12-2-3-16(15-30)24(31)29-11-10-28-20-8-9-27-21-13-17(25)4-6-19(20)21/h4-9,13-14,16H,2-3,10-12,15H2,1H3,(H,27,28)(H,29,31)/t16-/m1/s1. The monoisotopic (exact) mass is 536 g/mol. The van der Waals surface area contributed by atoms with Gasteiger partial charge in [0.2, 0.25) is 15.9 Å². The van der Waals surface area contributed by atoms with Gasteiger partial charge in [-0.1, -0.05) is 23.2 Å². The van der Waals surface area contributed by atoms with Crippen LogP contribution in [0.2, 0.25) is 10.0 Å². The van der Waals surface area contributed by atoms with E-state index in [1.54, 1.807) is 24.4 Å². The fraction of sp³-hybridized carbons (Fsp3) is 0.333. The molecule has 0 saturated carbocycles. The first-order chi connectivity index (χ1) is 16.8. The average molecular weight is 537 g/mol. The van der Waals surface area contributed by atoms with Gasteiger partial charge in [0.15, 0.2) is 0 Å². The Balaban J connectivity index is 1.35. The summed E-state index contributed by atoms with van der Waals surface area (Å²) >= 11 is 12.1. The van der Waals surface area contributed by atoms with Gasteiger partial charge in [0.1, 0.15) is 10.6 Å². The molecular weight excluding hydrogens is 511 g/mol. The topological polar surface area (TPSA) is 101 Å². The Morgan fingerprint density at radius 1 is 1.14 bits per heavy atom. The number of hydrogen-bond donors (Lipinski definition) is 2. The number of anilines is 1. The SMILES string of the molecule is COc1ccc(Cl)cc1S(=O)(=O)N1CCC[C@@H](C(=O)NCCNc2ccnc3cc(Cl)ccc23)C1. The Labute approximate surface area is 214 Å². The Hall–Kier alpha value is -2.59. The lowest BCUT2D eigenvalue weighted by Gasteiger charge is -2.31. The number of nitrogens with one attached hydrogen (secondary N) is 2. The van der Waals surface area contributed by atoms with Gasteiger partial charge in [-0.3, -0.25) is 9.78 Å². The Kier molecular flexibility index (Phi) is 8.01. The summed E-state index contributed by atoms with van der Waals surface area (Å²) in [5.74, 6) is -0.387. The van der Waals surface area contributed by atoms with E-state index < -0.39 is 15.9 Å². The van der Waals surface area contributed by atoms with Crippen LogP contribution in [-0.2, 0) is 14.8 Å². The number of rotatable bonds is 8. The van der Waals surface area contributed by atoms with E-state index in [1.165, 1.54) is 23.5 Å². The number of amides is 1. The van der Waals surface area contributed by atoms with Crippen molar-refractivity contribution in [1.29, 1.82) is 0 Å². The molecule has 8 nitrogen and oxygen atoms in total. The molecule has 4 rings (SSSR count). The van der Waals surface area contributed by atoms with Gasteiger partial charge >= 0.3 is 0 Å². The van der Waals surface area contributed by atoms with Gasteiger partial charge in [-0.25, -0.2) is 8.42 Å². The number of carbonyl (C=O) groups is 1. The van der Waals surface area contributed by atoms with Crippen molar-refractivity contribution in [3.05, 3.63) is 58.7 Å². The Morgan fingerprint density at radius 3 is 2.71 bits per heavy atom. The molecule has 2 N–H and O–H groups in total. The third-order valence-electron chi connectivity index (χ3n) is 5.94. The smallest absolute Gasteiger partial charge is 0.246 e. The minimum absolute atomic E-state index is 0.00335. The molecule has 35 heavy (non-hydrogen) atoms. The molecule has 1 amide bonds. The van der Waals surface area contributed by atoms with Crippen LogP contribution in [0.15, 0.2) is 53.6 Å². The molecule has 3 aromatic rings. The van der Waals surface area contributed by atoms with E-state index in [1.807, 2.05) is 12.1 Å². The Bertz CT molecular complexity index is 1340. The second-order valence-electron chi connectivity index (χ2n) is 8.24. The predicted octanol–water partition coefficient (Wildman–Crippen LogP) is 4.18. The third kappa shape index (κ3) is 5.81. The molecule has 1 aliphatic rings. The van der Waals surface area contributed by atoms with E-state index in [9.17, 15) is 13.2 Å². The summed E-state index contributed by atoms with van der Waals surface area (Å²) < 4.78 is 33.1. The number of benzene rings is 2. The molecule has 1 aromatic heterocycles. The lowest BCUT2D eigenvalue weighted by molar-refractivity contribution is -0.125. The van der Waals surface area contributed by atoms with Crippen LogP contribution in [0.1, 0.15) is 12.8 Å². The fourth-order valence-corrected chi connectivity index (χ4v) is 6.28. The summed E-state index contributed by atoms with van der Waals surface area (Å²) in [6.07, 6.45) is 2.91. The summed E-state index contributed by atoms with van der Waals surface area (Å²) in [5, 5.41) is 8.08. The molecule has 11 heteroatoms. The number of piperidine rings is 1. The first kappa shape index (κ1) is 25.5. The molecule has 0 aliphatic carbocycles. The number of pyridine rings is 1. The highest BCUT2D eigenvalue weighted by atomic mass is 35.5. The number of halogens is 2. The van der Waals surface area contributed by atoms with Gasteiger partial charge in [-0.2, -0.15) is 4.31 Å². The summed E-state index contributed by atoms with van der Waals surface area (Å²) in [7, 11) is -2.45. The molecule has 2 aromatic carbocycles. The van der Waals surface area contributed by atoms with Crippen molar-refractivity contribution in [1.82, 2.24) is 14.6 Å². The van der Waals surface area contributed by atoms with Crippen molar-refractivity contribution >= 4 is 55.7 Å². The first-order valence-corrected chi connectivity index (χ1v) is 13.4. The van der Waals surface area contributed by atoms with Crippen LogP contribution >= 0.6 is 23.2 Å². The van der Waals surface area contributed by atoms with Gasteiger partial charge in [0.05, 0.1) is 18.5 Å². The predicted molar refractivity (Wildman–Crippen MR) is 138 cm³/mol. The van der Waals surface area contributed by atoms with Crippen molar-refractivity contribution in [3.63, 3.8) is 0 Å². The molecule has 2 heterocycles. The van der Waals surface area contributed by atoms with Crippen molar-refractivity contribution in [2.24, 2.45) is 5.92 Å². The van der Waals surface area contributed by atoms with Crippen molar-refractivity contribution in [2.75, 3.05) is 38.6 Å². The third-order valence-corrected chi connectivity index (χ3v) is 8.30. The molecule has 0 unspecified atom stereocenters. The average Bonchev–Trinajstić information content (AvgIpc) is 2.86.